The summed E-state index contributed by atoms with van der Waals surface area (Å²) in [7, 11) is 0. The molecule has 0 atom stereocenters. The van der Waals surface area contributed by atoms with Gasteiger partial charge >= 0.3 is 0 Å². The largest absolute Gasteiger partial charge is 0.358 e. The van der Waals surface area contributed by atoms with Crippen molar-refractivity contribution >= 4 is 28.3 Å². The molecule has 4 aromatic rings. The minimum absolute atomic E-state index is 0.0310. The molecule has 0 unspecified atom stereocenters. The lowest BCUT2D eigenvalue weighted by atomic mass is 10.1. The molecule has 124 valence electrons. The average Bonchev–Trinajstić information content (AvgIpc) is 3.18. The summed E-state index contributed by atoms with van der Waals surface area (Å²) < 4.78 is 0. The van der Waals surface area contributed by atoms with Crippen LogP contribution in [0, 0.1) is 6.92 Å². The molecular weight excluding hydrogens is 338 g/mol. The summed E-state index contributed by atoms with van der Waals surface area (Å²) in [5.41, 5.74) is 3.24. The zero-order valence-corrected chi connectivity index (χ0v) is 14.2. The van der Waals surface area contributed by atoms with Crippen LogP contribution in [0.2, 0.25) is 5.02 Å². The highest BCUT2D eigenvalue weighted by Crippen LogP contribution is 2.23. The zero-order valence-electron chi connectivity index (χ0n) is 13.4. The Hall–Kier alpha value is -2.99. The lowest BCUT2D eigenvalue weighted by Gasteiger charge is -2.00. The molecule has 7 heteroatoms. The summed E-state index contributed by atoms with van der Waals surface area (Å²) in [5, 5.41) is 13.8. The number of ketones is 1. The Kier molecular flexibility index (Phi) is 3.82. The number of aromatic nitrogens is 5. The van der Waals surface area contributed by atoms with Crippen molar-refractivity contribution in [2.45, 2.75) is 13.5 Å². The number of benzene rings is 2. The molecule has 2 aromatic carbocycles. The standard InChI is InChI=1S/C18H14ClN5O/c1-11-17(14-4-2-3-5-15(14)20-11)16(25)10-24-22-18(21-23-24)12-6-8-13(19)9-7-12/h2-9,20H,10H2,1H3. The fourth-order valence-electron chi connectivity index (χ4n) is 2.87. The van der Waals surface area contributed by atoms with Crippen LogP contribution in [0.1, 0.15) is 16.1 Å². The van der Waals surface area contributed by atoms with Crippen LogP contribution in [0.5, 0.6) is 0 Å². The van der Waals surface area contributed by atoms with Crippen molar-refractivity contribution in [1.29, 1.82) is 0 Å². The number of carbonyl (C=O) groups is 1. The van der Waals surface area contributed by atoms with E-state index in [4.69, 9.17) is 11.6 Å². The van der Waals surface area contributed by atoms with Gasteiger partial charge in [0.1, 0.15) is 6.54 Å². The number of hydrogen-bond acceptors (Lipinski definition) is 4. The van der Waals surface area contributed by atoms with Crippen molar-refractivity contribution in [3.05, 3.63) is 64.8 Å². The van der Waals surface area contributed by atoms with Crippen LogP contribution in [-0.2, 0) is 6.54 Å². The first-order chi connectivity index (χ1) is 12.1. The molecule has 0 saturated carbocycles. The molecular formula is C18H14ClN5O. The van der Waals surface area contributed by atoms with E-state index in [-0.39, 0.29) is 12.3 Å². The van der Waals surface area contributed by atoms with Crippen molar-refractivity contribution in [1.82, 2.24) is 25.2 Å². The van der Waals surface area contributed by atoms with E-state index >= 15 is 0 Å². The molecule has 0 spiro atoms. The second-order valence-electron chi connectivity index (χ2n) is 5.74. The number of nitrogens with zero attached hydrogens (tertiary/aromatic N) is 4. The highest BCUT2D eigenvalue weighted by Gasteiger charge is 2.17. The first-order valence-electron chi connectivity index (χ1n) is 7.76. The number of halogens is 1. The van der Waals surface area contributed by atoms with Gasteiger partial charge in [-0.15, -0.1) is 10.2 Å². The molecule has 4 rings (SSSR count). The third-order valence-electron chi connectivity index (χ3n) is 4.01. The molecule has 0 saturated heterocycles. The zero-order chi connectivity index (χ0) is 17.4. The molecule has 0 aliphatic rings. The maximum absolute atomic E-state index is 12.7. The number of aromatic amines is 1. The highest BCUT2D eigenvalue weighted by atomic mass is 35.5. The van der Waals surface area contributed by atoms with Crippen molar-refractivity contribution < 1.29 is 4.79 Å². The number of tetrazole rings is 1. The van der Waals surface area contributed by atoms with Gasteiger partial charge in [0, 0.05) is 32.7 Å². The molecule has 6 nitrogen and oxygen atoms in total. The fourth-order valence-corrected chi connectivity index (χ4v) is 2.99. The van der Waals surface area contributed by atoms with Crippen LogP contribution >= 0.6 is 11.6 Å². The first kappa shape index (κ1) is 15.5. The van der Waals surface area contributed by atoms with Gasteiger partial charge < -0.3 is 4.98 Å². The third-order valence-corrected chi connectivity index (χ3v) is 4.26. The van der Waals surface area contributed by atoms with Crippen LogP contribution in [0.3, 0.4) is 0 Å². The smallest absolute Gasteiger partial charge is 0.204 e. The maximum Gasteiger partial charge on any atom is 0.204 e. The lowest BCUT2D eigenvalue weighted by molar-refractivity contribution is 0.0962. The van der Waals surface area contributed by atoms with Crippen LogP contribution in [0.15, 0.2) is 48.5 Å². The molecule has 2 heterocycles. The van der Waals surface area contributed by atoms with Gasteiger partial charge in [0.25, 0.3) is 0 Å². The Morgan fingerprint density at radius 1 is 1.16 bits per heavy atom. The van der Waals surface area contributed by atoms with Gasteiger partial charge in [-0.3, -0.25) is 4.79 Å². The number of Topliss-reactive ketones (excluding diaryl/α,β-unsaturated/α-hetero) is 1. The summed E-state index contributed by atoms with van der Waals surface area (Å²) in [6.07, 6.45) is 0. The molecule has 0 fully saturated rings. The van der Waals surface area contributed by atoms with Crippen molar-refractivity contribution in [3.63, 3.8) is 0 Å². The topological polar surface area (TPSA) is 76.5 Å². The number of nitrogens with one attached hydrogen (secondary N) is 1. The Morgan fingerprint density at radius 3 is 2.72 bits per heavy atom. The Morgan fingerprint density at radius 2 is 1.92 bits per heavy atom. The van der Waals surface area contributed by atoms with E-state index in [2.05, 4.69) is 20.4 Å². The summed E-state index contributed by atoms with van der Waals surface area (Å²) in [6, 6.07) is 14.9. The first-order valence-corrected chi connectivity index (χ1v) is 8.14. The van der Waals surface area contributed by atoms with Crippen molar-refractivity contribution in [2.75, 3.05) is 0 Å². The molecule has 0 aliphatic heterocycles. The van der Waals surface area contributed by atoms with E-state index in [9.17, 15) is 4.79 Å². The number of carbonyl (C=O) groups excluding carboxylic acids is 1. The predicted molar refractivity (Wildman–Crippen MR) is 95.6 cm³/mol. The molecule has 0 aliphatic carbocycles. The molecule has 0 amide bonds. The van der Waals surface area contributed by atoms with Gasteiger partial charge in [0.15, 0.2) is 5.78 Å². The molecule has 0 bridgehead atoms. The number of hydrogen-bond donors (Lipinski definition) is 1. The SMILES string of the molecule is Cc1[nH]c2ccccc2c1C(=O)Cn1nnc(-c2ccc(Cl)cc2)n1. The van der Waals surface area contributed by atoms with Gasteiger partial charge in [0.05, 0.1) is 0 Å². The van der Waals surface area contributed by atoms with E-state index in [0.717, 1.165) is 22.2 Å². The van der Waals surface area contributed by atoms with E-state index in [1.54, 1.807) is 12.1 Å². The maximum atomic E-state index is 12.7. The fraction of sp³-hybridized carbons (Fsp3) is 0.111. The summed E-state index contributed by atoms with van der Waals surface area (Å²) in [4.78, 5) is 17.3. The van der Waals surface area contributed by atoms with Crippen molar-refractivity contribution in [2.24, 2.45) is 0 Å². The minimum atomic E-state index is -0.0602. The van der Waals surface area contributed by atoms with E-state index < -0.39 is 0 Å². The monoisotopic (exact) mass is 351 g/mol. The minimum Gasteiger partial charge on any atom is -0.358 e. The van der Waals surface area contributed by atoms with E-state index in [1.807, 2.05) is 43.3 Å². The molecule has 2 aromatic heterocycles. The number of fused-ring (bicyclic) bond motifs is 1. The summed E-state index contributed by atoms with van der Waals surface area (Å²) in [5.74, 6) is 0.398. The van der Waals surface area contributed by atoms with Crippen LogP contribution in [0.4, 0.5) is 0 Å². The van der Waals surface area contributed by atoms with E-state index in [0.29, 0.717) is 16.4 Å². The van der Waals surface area contributed by atoms with Gasteiger partial charge in [0.2, 0.25) is 5.82 Å². The Labute approximate surface area is 148 Å². The van der Waals surface area contributed by atoms with Gasteiger partial charge in [-0.25, -0.2) is 0 Å². The number of H-pyrrole nitrogens is 1. The van der Waals surface area contributed by atoms with Gasteiger partial charge in [-0.1, -0.05) is 29.8 Å². The second kappa shape index (κ2) is 6.14. The normalized spacial score (nSPS) is 11.1. The molecule has 0 radical (unpaired) electrons. The Bertz CT molecular complexity index is 1060. The van der Waals surface area contributed by atoms with Crippen LogP contribution < -0.4 is 0 Å². The molecule has 25 heavy (non-hydrogen) atoms. The quantitative estimate of drug-likeness (QED) is 0.569. The third kappa shape index (κ3) is 2.92. The van der Waals surface area contributed by atoms with Gasteiger partial charge in [-0.2, -0.15) is 4.80 Å². The predicted octanol–water partition coefficient (Wildman–Crippen LogP) is 3.67. The average molecular weight is 352 g/mol. The Balaban J connectivity index is 1.61. The number of para-hydroxylation sites is 1. The lowest BCUT2D eigenvalue weighted by Crippen LogP contribution is -2.14. The summed E-state index contributed by atoms with van der Waals surface area (Å²) >= 11 is 5.88. The second-order valence-corrected chi connectivity index (χ2v) is 6.18. The van der Waals surface area contributed by atoms with Crippen LogP contribution in [0.25, 0.3) is 22.3 Å². The molecule has 1 N–H and O–H groups in total. The number of rotatable bonds is 4. The summed E-state index contributed by atoms with van der Waals surface area (Å²) in [6.45, 7) is 1.92. The van der Waals surface area contributed by atoms with Crippen molar-refractivity contribution in [3.8, 4) is 11.4 Å². The van der Waals surface area contributed by atoms with E-state index in [1.165, 1.54) is 4.80 Å². The number of aryl methyl sites for hydroxylation is 1. The highest BCUT2D eigenvalue weighted by molar-refractivity contribution is 6.30. The van der Waals surface area contributed by atoms with Gasteiger partial charge in [-0.05, 0) is 42.5 Å². The van der Waals surface area contributed by atoms with Crippen LogP contribution in [-0.4, -0.2) is 31.0 Å².